The molecule has 1 aliphatic carbocycles. The van der Waals surface area contributed by atoms with Gasteiger partial charge in [0.1, 0.15) is 0 Å². The lowest BCUT2D eigenvalue weighted by molar-refractivity contribution is 0.280. The molecule has 2 heterocycles. The Morgan fingerprint density at radius 3 is 1.51 bits per heavy atom. The zero-order valence-electron chi connectivity index (χ0n) is 25.1. The van der Waals surface area contributed by atoms with E-state index in [9.17, 15) is 0 Å². The molecular formula is C31H48N4P2. The Morgan fingerprint density at radius 1 is 0.730 bits per heavy atom. The molecule has 37 heavy (non-hydrogen) atoms. The van der Waals surface area contributed by atoms with Gasteiger partial charge in [-0.2, -0.15) is 0 Å². The maximum Gasteiger partial charge on any atom is 0.0964 e. The van der Waals surface area contributed by atoms with E-state index in [-0.39, 0.29) is 29.1 Å². The first-order valence-electron chi connectivity index (χ1n) is 13.3. The molecule has 0 saturated heterocycles. The van der Waals surface area contributed by atoms with Crippen LogP contribution in [-0.2, 0) is 5.16 Å². The van der Waals surface area contributed by atoms with Gasteiger partial charge in [0, 0.05) is 30.7 Å². The zero-order valence-corrected chi connectivity index (χ0v) is 27.2. The van der Waals surface area contributed by atoms with Crippen molar-refractivity contribution in [2.45, 2.75) is 98.6 Å². The second-order valence-corrected chi connectivity index (χ2v) is 19.2. The van der Waals surface area contributed by atoms with Gasteiger partial charge in [-0.1, -0.05) is 108 Å². The van der Waals surface area contributed by atoms with Gasteiger partial charge in [0.2, 0.25) is 0 Å². The van der Waals surface area contributed by atoms with Crippen LogP contribution < -0.4 is 0 Å². The molecule has 2 atom stereocenters. The summed E-state index contributed by atoms with van der Waals surface area (Å²) in [6, 6.07) is 0. The van der Waals surface area contributed by atoms with Gasteiger partial charge >= 0.3 is 0 Å². The molecule has 0 aliphatic heterocycles. The van der Waals surface area contributed by atoms with Crippen LogP contribution in [0, 0.1) is 16.7 Å². The number of hydrogen-bond acceptors (Lipinski definition) is 4. The van der Waals surface area contributed by atoms with Crippen molar-refractivity contribution in [2.75, 3.05) is 6.16 Å². The molecule has 6 heteroatoms. The highest BCUT2D eigenvalue weighted by Gasteiger charge is 2.49. The molecule has 4 nitrogen and oxygen atoms in total. The van der Waals surface area contributed by atoms with E-state index in [1.54, 1.807) is 24.8 Å². The molecule has 0 fully saturated rings. The molecule has 0 spiro atoms. The fourth-order valence-corrected chi connectivity index (χ4v) is 10.1. The van der Waals surface area contributed by atoms with Crippen LogP contribution in [0.1, 0.15) is 94.5 Å². The van der Waals surface area contributed by atoms with Gasteiger partial charge in [-0.3, -0.25) is 19.9 Å². The van der Waals surface area contributed by atoms with Crippen LogP contribution in [0.2, 0.25) is 0 Å². The summed E-state index contributed by atoms with van der Waals surface area (Å²) < 4.78 is 0. The van der Waals surface area contributed by atoms with E-state index in [1.165, 1.54) is 16.7 Å². The Morgan fingerprint density at radius 2 is 1.19 bits per heavy atom. The highest BCUT2D eigenvalue weighted by Crippen LogP contribution is 2.65. The minimum atomic E-state index is -0.648. The van der Waals surface area contributed by atoms with Crippen LogP contribution in [0.15, 0.2) is 60.0 Å². The van der Waals surface area contributed by atoms with Crippen LogP contribution >= 0.6 is 17.2 Å². The smallest absolute Gasteiger partial charge is 0.0964 e. The Balaban J connectivity index is 2.45. The van der Waals surface area contributed by atoms with Crippen LogP contribution in [-0.4, -0.2) is 36.4 Å². The van der Waals surface area contributed by atoms with E-state index >= 15 is 0 Å². The molecular weight excluding hydrogens is 490 g/mol. The summed E-state index contributed by atoms with van der Waals surface area (Å²) in [6.45, 7) is 28.8. The van der Waals surface area contributed by atoms with Crippen molar-refractivity contribution in [3.05, 3.63) is 71.4 Å². The van der Waals surface area contributed by atoms with Crippen molar-refractivity contribution in [3.8, 4) is 0 Å². The first-order valence-corrected chi connectivity index (χ1v) is 15.4. The van der Waals surface area contributed by atoms with Gasteiger partial charge in [-0.05, 0) is 32.9 Å². The Hall–Kier alpha value is -1.50. The van der Waals surface area contributed by atoms with Crippen molar-refractivity contribution in [2.24, 2.45) is 16.7 Å². The van der Waals surface area contributed by atoms with E-state index in [1.807, 2.05) is 12.4 Å². The Labute approximate surface area is 229 Å². The molecule has 202 valence electrons. The summed E-state index contributed by atoms with van der Waals surface area (Å²) in [7, 11) is 2.78. The van der Waals surface area contributed by atoms with Gasteiger partial charge in [0.15, 0.2) is 0 Å². The van der Waals surface area contributed by atoms with Gasteiger partial charge < -0.3 is 0 Å². The molecule has 0 bridgehead atoms. The van der Waals surface area contributed by atoms with Crippen LogP contribution in [0.4, 0.5) is 0 Å². The number of rotatable bonds is 5. The standard InChI is InChI=1S/C31H48N4P2/c1-27(2,3)23-17-22(31(36,24-18-32-13-15-34-24)25-19-33-14-16-35-25)21(26(23)28(4,5)6)20-37(29(7,8)9)30(10,11)12/h13-19,26H,20,36H2,1-12H3. The highest BCUT2D eigenvalue weighted by molar-refractivity contribution is 7.61. The first-order chi connectivity index (χ1) is 16.8. The van der Waals surface area contributed by atoms with E-state index in [0.29, 0.717) is 5.92 Å². The third-order valence-corrected chi connectivity index (χ3v) is 12.1. The van der Waals surface area contributed by atoms with Gasteiger partial charge in [-0.25, -0.2) is 0 Å². The second-order valence-electron chi connectivity index (χ2n) is 14.5. The average molecular weight is 539 g/mol. The van der Waals surface area contributed by atoms with Crippen molar-refractivity contribution in [1.82, 2.24) is 19.9 Å². The van der Waals surface area contributed by atoms with Crippen LogP contribution in [0.25, 0.3) is 0 Å². The lowest BCUT2D eigenvalue weighted by atomic mass is 9.67. The summed E-state index contributed by atoms with van der Waals surface area (Å²) in [6.07, 6.45) is 14.4. The predicted octanol–water partition coefficient (Wildman–Crippen LogP) is 8.41. The number of allylic oxidation sites excluding steroid dienone is 4. The largest absolute Gasteiger partial charge is 0.261 e. The van der Waals surface area contributed by atoms with Crippen molar-refractivity contribution < 1.29 is 0 Å². The molecule has 3 rings (SSSR count). The van der Waals surface area contributed by atoms with Gasteiger partial charge in [-0.15, -0.1) is 9.24 Å². The van der Waals surface area contributed by atoms with E-state index in [4.69, 9.17) is 9.97 Å². The zero-order chi connectivity index (χ0) is 28.0. The van der Waals surface area contributed by atoms with Crippen LogP contribution in [0.5, 0.6) is 0 Å². The third-order valence-electron chi connectivity index (χ3n) is 7.34. The van der Waals surface area contributed by atoms with Crippen molar-refractivity contribution in [3.63, 3.8) is 0 Å². The molecule has 1 aliphatic rings. The third kappa shape index (κ3) is 6.23. The van der Waals surface area contributed by atoms with Gasteiger partial charge in [0.25, 0.3) is 0 Å². The molecule has 2 unspecified atom stereocenters. The highest BCUT2D eigenvalue weighted by atomic mass is 31.1. The fourth-order valence-electron chi connectivity index (χ4n) is 5.92. The quantitative estimate of drug-likeness (QED) is 0.359. The fraction of sp³-hybridized carbons (Fsp3) is 0.613. The SMILES string of the molecule is CC(C)(C)C1=CC(C(P)(c2cnccn2)c2cnccn2)=C(CP(C(C)(C)C)C(C)(C)C)C1C(C)(C)C. The normalized spacial score (nSPS) is 18.0. The number of hydrogen-bond donors (Lipinski definition) is 0. The van der Waals surface area contributed by atoms with E-state index < -0.39 is 5.16 Å². The number of aromatic nitrogens is 4. The lowest BCUT2D eigenvalue weighted by Gasteiger charge is -2.45. The van der Waals surface area contributed by atoms with Crippen molar-refractivity contribution >= 4 is 17.2 Å². The second kappa shape index (κ2) is 10.2. The topological polar surface area (TPSA) is 51.6 Å². The minimum Gasteiger partial charge on any atom is -0.261 e. The first kappa shape index (κ1) is 30.0. The van der Waals surface area contributed by atoms with E-state index in [2.05, 4.69) is 108 Å². The summed E-state index contributed by atoms with van der Waals surface area (Å²) in [5.41, 5.74) is 6.15. The average Bonchev–Trinajstić information content (AvgIpc) is 3.17. The van der Waals surface area contributed by atoms with Gasteiger partial charge in [0.05, 0.1) is 28.9 Å². The summed E-state index contributed by atoms with van der Waals surface area (Å²) in [5, 5.41) is -0.229. The maximum absolute atomic E-state index is 4.85. The summed E-state index contributed by atoms with van der Waals surface area (Å²) >= 11 is 0. The minimum absolute atomic E-state index is 0.0213. The molecule has 0 radical (unpaired) electrons. The monoisotopic (exact) mass is 538 g/mol. The molecule has 2 aromatic heterocycles. The van der Waals surface area contributed by atoms with Crippen molar-refractivity contribution in [1.29, 1.82) is 0 Å². The summed E-state index contributed by atoms with van der Waals surface area (Å²) in [5.74, 6) is 0.325. The Bertz CT molecular complexity index is 1090. The summed E-state index contributed by atoms with van der Waals surface area (Å²) in [4.78, 5) is 18.7. The lowest BCUT2D eigenvalue weighted by Crippen LogP contribution is -2.33. The van der Waals surface area contributed by atoms with E-state index in [0.717, 1.165) is 17.5 Å². The molecule has 0 aromatic carbocycles. The maximum atomic E-state index is 4.85. The molecule has 2 aromatic rings. The predicted molar refractivity (Wildman–Crippen MR) is 163 cm³/mol. The molecule has 0 saturated carbocycles. The number of nitrogens with zero attached hydrogens (tertiary/aromatic N) is 4. The van der Waals surface area contributed by atoms with Crippen LogP contribution in [0.3, 0.4) is 0 Å². The molecule has 0 N–H and O–H groups in total. The molecule has 0 amide bonds. The Kier molecular flexibility index (Phi) is 8.31.